The van der Waals surface area contributed by atoms with Crippen LogP contribution < -0.4 is 5.32 Å². The summed E-state index contributed by atoms with van der Waals surface area (Å²) in [5.41, 5.74) is 1.39. The molecule has 1 amide bonds. The van der Waals surface area contributed by atoms with Crippen molar-refractivity contribution >= 4 is 17.2 Å². The van der Waals surface area contributed by atoms with Gasteiger partial charge in [-0.2, -0.15) is 0 Å². The number of hydrogen-bond donors (Lipinski definition) is 1. The number of amides is 1. The van der Waals surface area contributed by atoms with E-state index >= 15 is 0 Å². The maximum absolute atomic E-state index is 12.2. The Bertz CT molecular complexity index is 479. The lowest BCUT2D eigenvalue weighted by molar-refractivity contribution is -0.126. The van der Waals surface area contributed by atoms with Crippen LogP contribution in [0.2, 0.25) is 0 Å². The summed E-state index contributed by atoms with van der Waals surface area (Å²) >= 11 is 1.84. The molecule has 0 unspecified atom stereocenters. The Morgan fingerprint density at radius 1 is 1.43 bits per heavy atom. The minimum atomic E-state index is 0.182. The Balaban J connectivity index is 1.62. The van der Waals surface area contributed by atoms with E-state index in [-0.39, 0.29) is 17.9 Å². The zero-order chi connectivity index (χ0) is 16.7. The fourth-order valence-corrected chi connectivity index (χ4v) is 3.82. The van der Waals surface area contributed by atoms with E-state index in [4.69, 9.17) is 4.74 Å². The molecule has 1 N–H and O–H groups in total. The number of hydrogen-bond acceptors (Lipinski definition) is 4. The van der Waals surface area contributed by atoms with E-state index in [2.05, 4.69) is 28.6 Å². The molecule has 0 aliphatic carbocycles. The van der Waals surface area contributed by atoms with Crippen molar-refractivity contribution in [2.45, 2.75) is 52.7 Å². The second-order valence-electron chi connectivity index (χ2n) is 6.64. The van der Waals surface area contributed by atoms with Crippen LogP contribution in [0, 0.1) is 12.8 Å². The second-order valence-corrected chi connectivity index (χ2v) is 7.64. The highest BCUT2D eigenvalue weighted by Gasteiger charge is 2.25. The lowest BCUT2D eigenvalue weighted by Crippen LogP contribution is -2.40. The van der Waals surface area contributed by atoms with Crippen LogP contribution in [0.3, 0.4) is 0 Å². The van der Waals surface area contributed by atoms with Gasteiger partial charge in [-0.1, -0.05) is 0 Å². The van der Waals surface area contributed by atoms with Crippen molar-refractivity contribution in [1.82, 2.24) is 10.2 Å². The Morgan fingerprint density at radius 2 is 2.17 bits per heavy atom. The van der Waals surface area contributed by atoms with E-state index in [0.717, 1.165) is 52.0 Å². The molecule has 23 heavy (non-hydrogen) atoms. The van der Waals surface area contributed by atoms with Crippen molar-refractivity contribution in [1.29, 1.82) is 0 Å². The molecule has 2 heterocycles. The highest BCUT2D eigenvalue weighted by atomic mass is 32.1. The minimum Gasteiger partial charge on any atom is -0.379 e. The number of carbonyl (C=O) groups is 1. The Morgan fingerprint density at radius 3 is 2.78 bits per heavy atom. The molecule has 0 atom stereocenters. The van der Waals surface area contributed by atoms with E-state index in [9.17, 15) is 4.79 Å². The molecule has 1 aromatic heterocycles. The molecule has 1 fully saturated rings. The van der Waals surface area contributed by atoms with Gasteiger partial charge in [0.25, 0.3) is 0 Å². The van der Waals surface area contributed by atoms with E-state index in [0.29, 0.717) is 0 Å². The number of likely N-dealkylation sites (tertiary alicyclic amines) is 1. The van der Waals surface area contributed by atoms with E-state index in [1.165, 1.54) is 10.4 Å². The molecule has 0 spiro atoms. The largest absolute Gasteiger partial charge is 0.379 e. The molecule has 0 saturated carbocycles. The predicted molar refractivity (Wildman–Crippen MR) is 95.8 cm³/mol. The van der Waals surface area contributed by atoms with Gasteiger partial charge in [0.05, 0.1) is 6.10 Å². The molecule has 130 valence electrons. The zero-order valence-corrected chi connectivity index (χ0v) is 15.5. The first-order valence-electron chi connectivity index (χ1n) is 8.71. The molecule has 0 aromatic carbocycles. The van der Waals surface area contributed by atoms with Gasteiger partial charge in [-0.3, -0.25) is 9.69 Å². The molecular formula is C18H30N2O2S. The van der Waals surface area contributed by atoms with Gasteiger partial charge in [-0.15, -0.1) is 11.3 Å². The molecule has 4 nitrogen and oxygen atoms in total. The van der Waals surface area contributed by atoms with Crippen molar-refractivity contribution in [2.75, 3.05) is 26.2 Å². The molecule has 0 radical (unpaired) electrons. The lowest BCUT2D eigenvalue weighted by Gasteiger charge is -2.31. The number of nitrogens with one attached hydrogen (secondary N) is 1. The summed E-state index contributed by atoms with van der Waals surface area (Å²) in [5, 5.41) is 5.22. The fourth-order valence-electron chi connectivity index (χ4n) is 2.87. The Kier molecular flexibility index (Phi) is 7.53. The summed E-state index contributed by atoms with van der Waals surface area (Å²) in [5.74, 6) is 0.406. The smallest absolute Gasteiger partial charge is 0.223 e. The number of carbonyl (C=O) groups excluding carboxylic acids is 1. The maximum atomic E-state index is 12.2. The third-order valence-electron chi connectivity index (χ3n) is 4.37. The van der Waals surface area contributed by atoms with Gasteiger partial charge in [0, 0.05) is 30.5 Å². The molecule has 0 bridgehead atoms. The van der Waals surface area contributed by atoms with Gasteiger partial charge in [0.15, 0.2) is 0 Å². The van der Waals surface area contributed by atoms with Crippen molar-refractivity contribution in [2.24, 2.45) is 5.92 Å². The third kappa shape index (κ3) is 6.24. The average molecular weight is 339 g/mol. The molecule has 1 aliphatic rings. The normalized spacial score (nSPS) is 16.9. The van der Waals surface area contributed by atoms with Crippen molar-refractivity contribution < 1.29 is 9.53 Å². The van der Waals surface area contributed by atoms with Gasteiger partial charge in [0.2, 0.25) is 5.91 Å². The standard InChI is InChI=1S/C18H30N2O2S/c1-14(2)22-11-4-8-19-18(21)16-5-9-20(10-6-16)13-17-15(3)7-12-23-17/h7,12,14,16H,4-6,8-11,13H2,1-3H3,(H,19,21). The molecule has 2 rings (SSSR count). The molecule has 1 aliphatic heterocycles. The van der Waals surface area contributed by atoms with Gasteiger partial charge >= 0.3 is 0 Å². The number of thiophene rings is 1. The quantitative estimate of drug-likeness (QED) is 0.740. The van der Waals surface area contributed by atoms with Gasteiger partial charge in [0.1, 0.15) is 0 Å². The average Bonchev–Trinajstić information content (AvgIpc) is 2.92. The fraction of sp³-hybridized carbons (Fsp3) is 0.722. The van der Waals surface area contributed by atoms with E-state index < -0.39 is 0 Å². The number of ether oxygens (including phenoxy) is 1. The highest BCUT2D eigenvalue weighted by molar-refractivity contribution is 7.10. The summed E-state index contributed by atoms with van der Waals surface area (Å²) in [6.45, 7) is 10.8. The number of piperidine rings is 1. The van der Waals surface area contributed by atoms with Crippen LogP contribution in [-0.4, -0.2) is 43.2 Å². The first kappa shape index (κ1) is 18.4. The predicted octanol–water partition coefficient (Wildman–Crippen LogP) is 3.20. The number of nitrogens with zero attached hydrogens (tertiary/aromatic N) is 1. The van der Waals surface area contributed by atoms with E-state index in [1.54, 1.807) is 0 Å². The molecule has 5 heteroatoms. The van der Waals surface area contributed by atoms with Crippen LogP contribution in [0.15, 0.2) is 11.4 Å². The van der Waals surface area contributed by atoms with Gasteiger partial charge in [-0.25, -0.2) is 0 Å². The summed E-state index contributed by atoms with van der Waals surface area (Å²) in [6.07, 6.45) is 3.10. The topological polar surface area (TPSA) is 41.6 Å². The van der Waals surface area contributed by atoms with Gasteiger partial charge < -0.3 is 10.1 Å². The summed E-state index contributed by atoms with van der Waals surface area (Å²) in [7, 11) is 0. The van der Waals surface area contributed by atoms with Crippen LogP contribution in [-0.2, 0) is 16.1 Å². The molecule has 1 saturated heterocycles. The van der Waals surface area contributed by atoms with Crippen LogP contribution >= 0.6 is 11.3 Å². The Hall–Kier alpha value is -0.910. The van der Waals surface area contributed by atoms with Gasteiger partial charge in [-0.05, 0) is 70.1 Å². The number of aryl methyl sites for hydroxylation is 1. The first-order chi connectivity index (χ1) is 11.1. The third-order valence-corrected chi connectivity index (χ3v) is 5.37. The lowest BCUT2D eigenvalue weighted by atomic mass is 9.96. The maximum Gasteiger partial charge on any atom is 0.223 e. The second kappa shape index (κ2) is 9.40. The monoisotopic (exact) mass is 338 g/mol. The van der Waals surface area contributed by atoms with Crippen LogP contribution in [0.1, 0.15) is 43.6 Å². The van der Waals surface area contributed by atoms with Crippen molar-refractivity contribution in [3.05, 3.63) is 21.9 Å². The number of rotatable bonds is 8. The highest BCUT2D eigenvalue weighted by Crippen LogP contribution is 2.22. The first-order valence-corrected chi connectivity index (χ1v) is 9.59. The van der Waals surface area contributed by atoms with Crippen molar-refractivity contribution in [3.8, 4) is 0 Å². The summed E-state index contributed by atoms with van der Waals surface area (Å²) in [4.78, 5) is 16.1. The van der Waals surface area contributed by atoms with Crippen LogP contribution in [0.25, 0.3) is 0 Å². The van der Waals surface area contributed by atoms with Crippen LogP contribution in [0.4, 0.5) is 0 Å². The van der Waals surface area contributed by atoms with Crippen molar-refractivity contribution in [3.63, 3.8) is 0 Å². The SMILES string of the molecule is Cc1ccsc1CN1CCC(C(=O)NCCCOC(C)C)CC1. The molecular weight excluding hydrogens is 308 g/mol. The van der Waals surface area contributed by atoms with Crippen LogP contribution in [0.5, 0.6) is 0 Å². The summed E-state index contributed by atoms with van der Waals surface area (Å²) in [6, 6.07) is 2.18. The minimum absolute atomic E-state index is 0.182. The zero-order valence-electron chi connectivity index (χ0n) is 14.6. The molecule has 1 aromatic rings. The van der Waals surface area contributed by atoms with E-state index in [1.807, 2.05) is 25.2 Å². The Labute approximate surface area is 144 Å². The summed E-state index contributed by atoms with van der Waals surface area (Å²) < 4.78 is 5.49.